The zero-order valence-corrected chi connectivity index (χ0v) is 13.5. The zero-order chi connectivity index (χ0) is 15.4. The number of ether oxygens (including phenoxy) is 1. The molecule has 0 aliphatic carbocycles. The summed E-state index contributed by atoms with van der Waals surface area (Å²) in [6.07, 6.45) is 2.66. The molecule has 0 spiro atoms. The Balaban J connectivity index is 2.44. The van der Waals surface area contributed by atoms with E-state index in [0.717, 1.165) is 23.1 Å². The van der Waals surface area contributed by atoms with Gasteiger partial charge in [0.15, 0.2) is 11.6 Å². The molecule has 1 aromatic heterocycles. The van der Waals surface area contributed by atoms with Gasteiger partial charge in [-0.15, -0.1) is 0 Å². The van der Waals surface area contributed by atoms with Crippen LogP contribution in [0.15, 0.2) is 28.9 Å². The second kappa shape index (κ2) is 7.02. The van der Waals surface area contributed by atoms with Crippen molar-refractivity contribution in [3.8, 4) is 5.75 Å². The number of hydrogen-bond acceptors (Lipinski definition) is 4. The van der Waals surface area contributed by atoms with E-state index in [2.05, 4.69) is 33.4 Å². The highest BCUT2D eigenvalue weighted by molar-refractivity contribution is 9.10. The summed E-state index contributed by atoms with van der Waals surface area (Å²) in [7, 11) is 1.43. The maximum Gasteiger partial charge on any atom is 0.165 e. The maximum absolute atomic E-state index is 13.9. The quantitative estimate of drug-likeness (QED) is 0.616. The predicted molar refractivity (Wildman–Crippen MR) is 82.3 cm³/mol. The summed E-state index contributed by atoms with van der Waals surface area (Å²) in [5.41, 5.74) is 4.29. The van der Waals surface area contributed by atoms with Crippen LogP contribution in [0.2, 0.25) is 0 Å². The summed E-state index contributed by atoms with van der Waals surface area (Å²) in [5, 5.41) is 4.31. The van der Waals surface area contributed by atoms with Gasteiger partial charge in [-0.3, -0.25) is 10.5 Å². The average Bonchev–Trinajstić information content (AvgIpc) is 2.82. The summed E-state index contributed by atoms with van der Waals surface area (Å²) >= 11 is 3.48. The van der Waals surface area contributed by atoms with Gasteiger partial charge < -0.3 is 4.74 Å². The van der Waals surface area contributed by atoms with E-state index in [0.29, 0.717) is 5.56 Å². The van der Waals surface area contributed by atoms with Crippen LogP contribution in [0.3, 0.4) is 0 Å². The van der Waals surface area contributed by atoms with Crippen LogP contribution in [0.5, 0.6) is 5.75 Å². The fourth-order valence-electron chi connectivity index (χ4n) is 2.24. The summed E-state index contributed by atoms with van der Waals surface area (Å²) in [5.74, 6) is 5.47. The van der Waals surface area contributed by atoms with Crippen LogP contribution in [-0.4, -0.2) is 16.9 Å². The smallest absolute Gasteiger partial charge is 0.165 e. The molecule has 21 heavy (non-hydrogen) atoms. The van der Waals surface area contributed by atoms with E-state index in [9.17, 15) is 4.39 Å². The summed E-state index contributed by atoms with van der Waals surface area (Å²) in [4.78, 5) is 0. The van der Waals surface area contributed by atoms with E-state index in [1.807, 2.05) is 4.68 Å². The van der Waals surface area contributed by atoms with E-state index in [4.69, 9.17) is 10.6 Å². The number of benzene rings is 1. The minimum Gasteiger partial charge on any atom is -0.494 e. The van der Waals surface area contributed by atoms with Gasteiger partial charge in [0.25, 0.3) is 0 Å². The van der Waals surface area contributed by atoms with Crippen molar-refractivity contribution in [2.45, 2.75) is 25.9 Å². The number of nitrogens with two attached hydrogens (primary N) is 1. The van der Waals surface area contributed by atoms with Crippen molar-refractivity contribution in [1.82, 2.24) is 15.2 Å². The molecular weight excluding hydrogens is 339 g/mol. The first-order valence-electron chi connectivity index (χ1n) is 6.63. The van der Waals surface area contributed by atoms with Crippen molar-refractivity contribution < 1.29 is 9.13 Å². The molecule has 114 valence electrons. The third-order valence-corrected chi connectivity index (χ3v) is 3.83. The largest absolute Gasteiger partial charge is 0.494 e. The van der Waals surface area contributed by atoms with Gasteiger partial charge in [-0.05, 0) is 40.0 Å². The highest BCUT2D eigenvalue weighted by Gasteiger charge is 2.21. The summed E-state index contributed by atoms with van der Waals surface area (Å²) in [6, 6.07) is 4.42. The first kappa shape index (κ1) is 15.9. The molecule has 0 aliphatic rings. The van der Waals surface area contributed by atoms with Gasteiger partial charge in [0.2, 0.25) is 0 Å². The molecular formula is C14H18BrFN4O. The first-order chi connectivity index (χ1) is 10.1. The lowest BCUT2D eigenvalue weighted by molar-refractivity contribution is 0.385. The SMILES string of the molecule is CCCn1ncc(Br)c1C(NN)c1ccc(OC)c(F)c1. The predicted octanol–water partition coefficient (Wildman–Crippen LogP) is 2.76. The molecule has 7 heteroatoms. The molecule has 1 heterocycles. The Morgan fingerprint density at radius 3 is 2.86 bits per heavy atom. The third kappa shape index (κ3) is 3.25. The van der Waals surface area contributed by atoms with Crippen LogP contribution in [0.4, 0.5) is 4.39 Å². The van der Waals surface area contributed by atoms with Gasteiger partial charge in [-0.1, -0.05) is 13.0 Å². The van der Waals surface area contributed by atoms with Gasteiger partial charge in [-0.2, -0.15) is 5.10 Å². The Kier molecular flexibility index (Phi) is 5.33. The van der Waals surface area contributed by atoms with Crippen molar-refractivity contribution in [3.05, 3.63) is 45.9 Å². The van der Waals surface area contributed by atoms with Crippen LogP contribution >= 0.6 is 15.9 Å². The standard InChI is InChI=1S/C14H18BrFN4O/c1-3-6-20-14(10(15)8-18-20)13(19-17)9-4-5-12(21-2)11(16)7-9/h4-5,7-8,13,19H,3,6,17H2,1-2H3. The number of nitrogens with one attached hydrogen (secondary N) is 1. The molecule has 1 aromatic carbocycles. The monoisotopic (exact) mass is 356 g/mol. The Morgan fingerprint density at radius 1 is 1.52 bits per heavy atom. The van der Waals surface area contributed by atoms with E-state index >= 15 is 0 Å². The van der Waals surface area contributed by atoms with Crippen molar-refractivity contribution in [3.63, 3.8) is 0 Å². The lowest BCUT2D eigenvalue weighted by atomic mass is 10.0. The second-order valence-corrected chi connectivity index (χ2v) is 5.45. The Labute approximate surface area is 131 Å². The van der Waals surface area contributed by atoms with Gasteiger partial charge in [0, 0.05) is 6.54 Å². The van der Waals surface area contributed by atoms with Gasteiger partial charge >= 0.3 is 0 Å². The molecule has 0 aliphatic heterocycles. The number of aryl methyl sites for hydroxylation is 1. The lowest BCUT2D eigenvalue weighted by Crippen LogP contribution is -2.31. The highest BCUT2D eigenvalue weighted by Crippen LogP contribution is 2.30. The fraction of sp³-hybridized carbons (Fsp3) is 0.357. The number of hydrazine groups is 1. The molecule has 0 bridgehead atoms. The summed E-state index contributed by atoms with van der Waals surface area (Å²) in [6.45, 7) is 2.83. The molecule has 0 amide bonds. The minimum absolute atomic E-state index is 0.204. The Morgan fingerprint density at radius 2 is 2.29 bits per heavy atom. The minimum atomic E-state index is -0.423. The average molecular weight is 357 g/mol. The zero-order valence-electron chi connectivity index (χ0n) is 11.9. The Hall–Kier alpha value is -1.44. The lowest BCUT2D eigenvalue weighted by Gasteiger charge is -2.19. The first-order valence-corrected chi connectivity index (χ1v) is 7.42. The van der Waals surface area contributed by atoms with Crippen molar-refractivity contribution in [1.29, 1.82) is 0 Å². The Bertz CT molecular complexity index is 617. The van der Waals surface area contributed by atoms with E-state index in [1.165, 1.54) is 13.2 Å². The van der Waals surface area contributed by atoms with Crippen LogP contribution in [-0.2, 0) is 6.54 Å². The number of halogens is 2. The normalized spacial score (nSPS) is 12.4. The number of nitrogens with zero attached hydrogens (tertiary/aromatic N) is 2. The van der Waals surface area contributed by atoms with Crippen molar-refractivity contribution >= 4 is 15.9 Å². The molecule has 5 nitrogen and oxygen atoms in total. The molecule has 1 atom stereocenters. The maximum atomic E-state index is 13.9. The van der Waals surface area contributed by atoms with Crippen molar-refractivity contribution in [2.24, 2.45) is 5.84 Å². The molecule has 3 N–H and O–H groups in total. The molecule has 0 radical (unpaired) electrons. The molecule has 2 rings (SSSR count). The number of rotatable bonds is 6. The number of hydrogen-bond donors (Lipinski definition) is 2. The second-order valence-electron chi connectivity index (χ2n) is 4.59. The van der Waals surface area contributed by atoms with Gasteiger partial charge in [0.05, 0.1) is 29.5 Å². The van der Waals surface area contributed by atoms with Gasteiger partial charge in [-0.25, -0.2) is 9.82 Å². The molecule has 1 unspecified atom stereocenters. The topological polar surface area (TPSA) is 65.1 Å². The number of methoxy groups -OCH3 is 1. The van der Waals surface area contributed by atoms with E-state index in [1.54, 1.807) is 18.3 Å². The van der Waals surface area contributed by atoms with Crippen LogP contribution in [0.25, 0.3) is 0 Å². The summed E-state index contributed by atoms with van der Waals surface area (Å²) < 4.78 is 21.5. The molecule has 2 aromatic rings. The van der Waals surface area contributed by atoms with E-state index < -0.39 is 5.82 Å². The third-order valence-electron chi connectivity index (χ3n) is 3.22. The highest BCUT2D eigenvalue weighted by atomic mass is 79.9. The van der Waals surface area contributed by atoms with Crippen molar-refractivity contribution in [2.75, 3.05) is 7.11 Å². The van der Waals surface area contributed by atoms with Crippen LogP contribution < -0.4 is 16.0 Å². The number of aromatic nitrogens is 2. The van der Waals surface area contributed by atoms with Crippen LogP contribution in [0.1, 0.15) is 30.6 Å². The van der Waals surface area contributed by atoms with Crippen LogP contribution in [0, 0.1) is 5.82 Å². The molecule has 0 saturated heterocycles. The fourth-order valence-corrected chi connectivity index (χ4v) is 2.77. The molecule has 0 saturated carbocycles. The van der Waals surface area contributed by atoms with E-state index in [-0.39, 0.29) is 11.8 Å². The van der Waals surface area contributed by atoms with Gasteiger partial charge in [0.1, 0.15) is 0 Å². The molecule has 0 fully saturated rings.